The summed E-state index contributed by atoms with van der Waals surface area (Å²) < 4.78 is 5.17. The zero-order chi connectivity index (χ0) is 15.6. The topological polar surface area (TPSA) is 41.6 Å². The summed E-state index contributed by atoms with van der Waals surface area (Å²) in [4.78, 5) is 14.7. The smallest absolute Gasteiger partial charge is 0.225 e. The van der Waals surface area contributed by atoms with Crippen molar-refractivity contribution in [2.45, 2.75) is 25.7 Å². The summed E-state index contributed by atoms with van der Waals surface area (Å²) in [6, 6.07) is 10.5. The summed E-state index contributed by atoms with van der Waals surface area (Å²) in [5, 5.41) is 3.32. The third kappa shape index (κ3) is 6.90. The van der Waals surface area contributed by atoms with Gasteiger partial charge >= 0.3 is 0 Å². The molecule has 1 aliphatic rings. The Labute approximate surface area is 146 Å². The summed E-state index contributed by atoms with van der Waals surface area (Å²) in [5.41, 5.74) is 1.34. The fourth-order valence-electron chi connectivity index (χ4n) is 2.98. The predicted octanol–water partition coefficient (Wildman–Crippen LogP) is 2.52. The first kappa shape index (κ1) is 19.9. The molecule has 0 atom stereocenters. The molecule has 0 aromatic heterocycles. The van der Waals surface area contributed by atoms with Gasteiger partial charge in [-0.05, 0) is 44.3 Å². The minimum absolute atomic E-state index is 0. The molecule has 1 amide bonds. The van der Waals surface area contributed by atoms with E-state index in [1.807, 2.05) is 11.0 Å². The molecule has 0 spiro atoms. The fourth-order valence-corrected chi connectivity index (χ4v) is 2.98. The second-order valence-corrected chi connectivity index (χ2v) is 5.93. The second-order valence-electron chi connectivity index (χ2n) is 5.93. The highest BCUT2D eigenvalue weighted by Gasteiger charge is 2.25. The highest BCUT2D eigenvalue weighted by Crippen LogP contribution is 2.16. The van der Waals surface area contributed by atoms with E-state index < -0.39 is 0 Å². The van der Waals surface area contributed by atoms with Crippen molar-refractivity contribution >= 4 is 18.3 Å². The maximum absolute atomic E-state index is 12.7. The van der Waals surface area contributed by atoms with Crippen molar-refractivity contribution in [3.8, 4) is 0 Å². The maximum atomic E-state index is 12.7. The number of hydrogen-bond acceptors (Lipinski definition) is 3. The second kappa shape index (κ2) is 11.4. The van der Waals surface area contributed by atoms with Gasteiger partial charge in [0.25, 0.3) is 0 Å². The summed E-state index contributed by atoms with van der Waals surface area (Å²) in [6.07, 6.45) is 3.94. The number of aryl methyl sites for hydroxylation is 1. The number of carbonyl (C=O) groups excluding carboxylic acids is 1. The number of rotatable bonds is 8. The fraction of sp³-hybridized carbons (Fsp3) is 0.611. The summed E-state index contributed by atoms with van der Waals surface area (Å²) in [5.74, 6) is 0.501. The molecule has 1 fully saturated rings. The molecular formula is C18H29ClN2O2. The van der Waals surface area contributed by atoms with E-state index in [0.717, 1.165) is 45.3 Å². The molecule has 1 heterocycles. The van der Waals surface area contributed by atoms with Crippen LogP contribution >= 0.6 is 12.4 Å². The van der Waals surface area contributed by atoms with E-state index in [1.165, 1.54) is 5.56 Å². The molecule has 0 bridgehead atoms. The lowest BCUT2D eigenvalue weighted by Crippen LogP contribution is -2.42. The van der Waals surface area contributed by atoms with Crippen LogP contribution in [-0.4, -0.2) is 50.7 Å². The zero-order valence-electron chi connectivity index (χ0n) is 14.0. The van der Waals surface area contributed by atoms with Crippen molar-refractivity contribution in [2.75, 3.05) is 39.9 Å². The third-order valence-electron chi connectivity index (χ3n) is 4.30. The van der Waals surface area contributed by atoms with Gasteiger partial charge in [0, 0.05) is 26.1 Å². The molecule has 1 aromatic rings. The molecule has 130 valence electrons. The van der Waals surface area contributed by atoms with Gasteiger partial charge in [0.15, 0.2) is 0 Å². The van der Waals surface area contributed by atoms with Crippen LogP contribution in [0.25, 0.3) is 0 Å². The van der Waals surface area contributed by atoms with Gasteiger partial charge in [0.2, 0.25) is 5.91 Å². The van der Waals surface area contributed by atoms with Gasteiger partial charge in [-0.1, -0.05) is 30.3 Å². The summed E-state index contributed by atoms with van der Waals surface area (Å²) in [6.45, 7) is 4.05. The number of ether oxygens (including phenoxy) is 1. The molecule has 23 heavy (non-hydrogen) atoms. The van der Waals surface area contributed by atoms with E-state index in [2.05, 4.69) is 29.6 Å². The Kier molecular flexibility index (Phi) is 9.92. The monoisotopic (exact) mass is 340 g/mol. The van der Waals surface area contributed by atoms with E-state index in [4.69, 9.17) is 4.74 Å². The van der Waals surface area contributed by atoms with Crippen LogP contribution in [0.5, 0.6) is 0 Å². The van der Waals surface area contributed by atoms with E-state index in [0.29, 0.717) is 19.1 Å². The van der Waals surface area contributed by atoms with E-state index in [9.17, 15) is 4.79 Å². The van der Waals surface area contributed by atoms with Crippen molar-refractivity contribution in [1.29, 1.82) is 0 Å². The normalized spacial score (nSPS) is 15.0. The predicted molar refractivity (Wildman–Crippen MR) is 96.1 cm³/mol. The van der Waals surface area contributed by atoms with Crippen molar-refractivity contribution in [3.63, 3.8) is 0 Å². The first-order chi connectivity index (χ1) is 10.8. The Morgan fingerprint density at radius 3 is 2.57 bits per heavy atom. The number of piperidine rings is 1. The van der Waals surface area contributed by atoms with E-state index in [1.54, 1.807) is 7.11 Å². The summed E-state index contributed by atoms with van der Waals surface area (Å²) >= 11 is 0. The lowest BCUT2D eigenvalue weighted by molar-refractivity contribution is -0.137. The quantitative estimate of drug-likeness (QED) is 0.790. The van der Waals surface area contributed by atoms with Crippen molar-refractivity contribution in [2.24, 2.45) is 5.92 Å². The van der Waals surface area contributed by atoms with Crippen LogP contribution in [0, 0.1) is 5.92 Å². The van der Waals surface area contributed by atoms with Gasteiger partial charge in [0.1, 0.15) is 0 Å². The molecule has 1 N–H and O–H groups in total. The van der Waals surface area contributed by atoms with E-state index in [-0.39, 0.29) is 18.3 Å². The number of hydrogen-bond donors (Lipinski definition) is 1. The average molecular weight is 341 g/mol. The van der Waals surface area contributed by atoms with Crippen LogP contribution in [0.1, 0.15) is 24.8 Å². The molecular weight excluding hydrogens is 312 g/mol. The minimum Gasteiger partial charge on any atom is -0.383 e. The Morgan fingerprint density at radius 1 is 1.22 bits per heavy atom. The molecule has 5 heteroatoms. The molecule has 0 aliphatic carbocycles. The van der Waals surface area contributed by atoms with Crippen molar-refractivity contribution < 1.29 is 9.53 Å². The van der Waals surface area contributed by atoms with Gasteiger partial charge in [0.05, 0.1) is 6.61 Å². The highest BCUT2D eigenvalue weighted by molar-refractivity contribution is 5.85. The maximum Gasteiger partial charge on any atom is 0.225 e. The molecule has 0 unspecified atom stereocenters. The van der Waals surface area contributed by atoms with Gasteiger partial charge in [-0.15, -0.1) is 12.4 Å². The number of amides is 1. The van der Waals surface area contributed by atoms with Gasteiger partial charge in [-0.2, -0.15) is 0 Å². The number of methoxy groups -OCH3 is 1. The Balaban J connectivity index is 0.00000264. The molecule has 1 aliphatic heterocycles. The lowest BCUT2D eigenvalue weighted by Gasteiger charge is -2.29. The van der Waals surface area contributed by atoms with Crippen LogP contribution in [0.4, 0.5) is 0 Å². The van der Waals surface area contributed by atoms with Crippen LogP contribution in [0.3, 0.4) is 0 Å². The van der Waals surface area contributed by atoms with Gasteiger partial charge < -0.3 is 15.0 Å². The van der Waals surface area contributed by atoms with Crippen LogP contribution < -0.4 is 5.32 Å². The lowest BCUT2D eigenvalue weighted by atomic mass is 9.96. The number of carbonyl (C=O) groups is 1. The van der Waals surface area contributed by atoms with E-state index >= 15 is 0 Å². The first-order valence-corrected chi connectivity index (χ1v) is 8.33. The summed E-state index contributed by atoms with van der Waals surface area (Å²) in [7, 11) is 1.69. The van der Waals surface area contributed by atoms with Crippen molar-refractivity contribution in [1.82, 2.24) is 10.2 Å². The zero-order valence-corrected chi connectivity index (χ0v) is 14.8. The average Bonchev–Trinajstić information content (AvgIpc) is 2.59. The van der Waals surface area contributed by atoms with Crippen LogP contribution in [0.2, 0.25) is 0 Å². The van der Waals surface area contributed by atoms with Crippen LogP contribution in [0.15, 0.2) is 30.3 Å². The Morgan fingerprint density at radius 2 is 1.91 bits per heavy atom. The molecule has 0 saturated carbocycles. The molecule has 1 saturated heterocycles. The third-order valence-corrected chi connectivity index (χ3v) is 4.30. The first-order valence-electron chi connectivity index (χ1n) is 8.33. The van der Waals surface area contributed by atoms with Crippen LogP contribution in [-0.2, 0) is 16.0 Å². The Hall–Kier alpha value is -1.10. The molecule has 4 nitrogen and oxygen atoms in total. The SMILES string of the molecule is COCCN(CCCc1ccccc1)C(=O)C1CCNCC1.Cl. The van der Waals surface area contributed by atoms with Crippen molar-refractivity contribution in [3.05, 3.63) is 35.9 Å². The van der Waals surface area contributed by atoms with Gasteiger partial charge in [-0.25, -0.2) is 0 Å². The molecule has 0 radical (unpaired) electrons. The van der Waals surface area contributed by atoms with Gasteiger partial charge in [-0.3, -0.25) is 4.79 Å². The standard InChI is InChI=1S/C18H28N2O2.ClH/c1-22-15-14-20(18(21)17-9-11-19-12-10-17)13-5-8-16-6-3-2-4-7-16;/h2-4,6-7,17,19H,5,8-15H2,1H3;1H. The molecule has 1 aromatic carbocycles. The largest absolute Gasteiger partial charge is 0.383 e. The molecule has 2 rings (SSSR count). The number of nitrogens with one attached hydrogen (secondary N) is 1. The number of benzene rings is 1. The Bertz CT molecular complexity index is 436. The number of halogens is 1. The number of nitrogens with zero attached hydrogens (tertiary/aromatic N) is 1. The highest BCUT2D eigenvalue weighted by atomic mass is 35.5. The minimum atomic E-state index is 0.